The molecule has 1 aromatic rings. The first-order chi connectivity index (χ1) is 7.84. The van der Waals surface area contributed by atoms with E-state index in [9.17, 15) is 4.79 Å². The molecule has 1 aromatic carbocycles. The van der Waals surface area contributed by atoms with E-state index in [2.05, 4.69) is 12.1 Å². The topological polar surface area (TPSA) is 26.3 Å². The molecule has 2 saturated carbocycles. The molecule has 2 aliphatic heterocycles. The third kappa shape index (κ3) is 0.762. The molecule has 82 valence electrons. The molecule has 2 nitrogen and oxygen atoms in total. The molecule has 0 N–H and O–H groups in total. The van der Waals surface area contributed by atoms with Crippen molar-refractivity contribution in [1.82, 2.24) is 0 Å². The minimum Gasteiger partial charge on any atom is -0.453 e. The zero-order chi connectivity index (χ0) is 10.8. The van der Waals surface area contributed by atoms with E-state index in [1.165, 1.54) is 12.0 Å². The van der Waals surface area contributed by atoms with Gasteiger partial charge in [0.1, 0.15) is 5.60 Å². The number of rotatable bonds is 1. The molecular formula is C14H14O2. The molecule has 0 spiro atoms. The van der Waals surface area contributed by atoms with Gasteiger partial charge in [0.25, 0.3) is 0 Å². The Kier molecular flexibility index (Phi) is 1.47. The first kappa shape index (κ1) is 8.80. The Balaban J connectivity index is 1.86. The van der Waals surface area contributed by atoms with Gasteiger partial charge in [-0.2, -0.15) is 0 Å². The molecule has 2 heterocycles. The van der Waals surface area contributed by atoms with Crippen LogP contribution in [-0.4, -0.2) is 5.97 Å². The van der Waals surface area contributed by atoms with Gasteiger partial charge < -0.3 is 4.74 Å². The predicted octanol–water partition coefficient (Wildman–Crippen LogP) is 2.48. The maximum Gasteiger partial charge on any atom is 0.310 e. The van der Waals surface area contributed by atoms with Gasteiger partial charge in [0, 0.05) is 11.8 Å². The summed E-state index contributed by atoms with van der Waals surface area (Å²) >= 11 is 0. The van der Waals surface area contributed by atoms with Crippen LogP contribution in [0.15, 0.2) is 30.3 Å². The molecule has 0 unspecified atom stereocenters. The summed E-state index contributed by atoms with van der Waals surface area (Å²) in [7, 11) is 0. The van der Waals surface area contributed by atoms with E-state index in [0.29, 0.717) is 11.8 Å². The number of carbonyl (C=O) groups excluding carboxylic acids is 1. The maximum absolute atomic E-state index is 11.8. The van der Waals surface area contributed by atoms with E-state index in [0.717, 1.165) is 12.8 Å². The van der Waals surface area contributed by atoms with Gasteiger partial charge in [-0.25, -0.2) is 0 Å². The van der Waals surface area contributed by atoms with E-state index >= 15 is 0 Å². The minimum absolute atomic E-state index is 0.0542. The van der Waals surface area contributed by atoms with Crippen LogP contribution < -0.4 is 0 Å². The molecule has 2 aliphatic carbocycles. The van der Waals surface area contributed by atoms with E-state index < -0.39 is 0 Å². The lowest BCUT2D eigenvalue weighted by atomic mass is 9.48. The smallest absolute Gasteiger partial charge is 0.310 e. The van der Waals surface area contributed by atoms with Gasteiger partial charge in [0.15, 0.2) is 0 Å². The van der Waals surface area contributed by atoms with Crippen molar-refractivity contribution in [2.24, 2.45) is 17.8 Å². The maximum atomic E-state index is 11.8. The molecule has 4 aliphatic rings. The van der Waals surface area contributed by atoms with Crippen molar-refractivity contribution < 1.29 is 9.53 Å². The fourth-order valence-electron chi connectivity index (χ4n) is 4.22. The molecule has 2 atom stereocenters. The Morgan fingerprint density at radius 2 is 1.81 bits per heavy atom. The van der Waals surface area contributed by atoms with Crippen LogP contribution in [0.3, 0.4) is 0 Å². The normalized spacial score (nSPS) is 43.8. The standard InChI is InChI=1S/C14H14O2/c15-13-12-10-7-4-8-11(12)14(10,16-13)9-5-2-1-3-6-9/h1-3,5-6,10-12H,4,7-8H2/t10-,11-,12?,14?/m1/s1. The zero-order valence-corrected chi connectivity index (χ0v) is 9.06. The largest absolute Gasteiger partial charge is 0.453 e. The fraction of sp³-hybridized carbons (Fsp3) is 0.500. The fourth-order valence-corrected chi connectivity index (χ4v) is 4.22. The van der Waals surface area contributed by atoms with Crippen LogP contribution in [0.25, 0.3) is 0 Å². The highest BCUT2D eigenvalue weighted by Crippen LogP contribution is 2.69. The van der Waals surface area contributed by atoms with Crippen molar-refractivity contribution in [3.63, 3.8) is 0 Å². The van der Waals surface area contributed by atoms with Gasteiger partial charge in [-0.05, 0) is 18.4 Å². The second-order valence-electron chi connectivity index (χ2n) is 5.25. The summed E-state index contributed by atoms with van der Waals surface area (Å²) in [5, 5.41) is 0. The third-order valence-electron chi connectivity index (χ3n) is 4.77. The second-order valence-corrected chi connectivity index (χ2v) is 5.25. The molecular weight excluding hydrogens is 200 g/mol. The lowest BCUT2D eigenvalue weighted by Crippen LogP contribution is -2.56. The highest BCUT2D eigenvalue weighted by atomic mass is 16.6. The van der Waals surface area contributed by atoms with Gasteiger partial charge in [-0.3, -0.25) is 4.79 Å². The summed E-state index contributed by atoms with van der Waals surface area (Å²) < 4.78 is 5.74. The number of hydrogen-bond acceptors (Lipinski definition) is 2. The van der Waals surface area contributed by atoms with Crippen LogP contribution >= 0.6 is 0 Å². The Bertz CT molecular complexity index is 439. The van der Waals surface area contributed by atoms with Crippen LogP contribution in [0.5, 0.6) is 0 Å². The van der Waals surface area contributed by atoms with E-state index in [4.69, 9.17) is 4.74 Å². The SMILES string of the molecule is O=C1OC2(c3ccccc3)[C@@H]3CCC[C@@H]2C13. The van der Waals surface area contributed by atoms with Gasteiger partial charge >= 0.3 is 5.97 Å². The quantitative estimate of drug-likeness (QED) is 0.671. The van der Waals surface area contributed by atoms with Crippen molar-refractivity contribution in [3.8, 4) is 0 Å². The highest BCUT2D eigenvalue weighted by Gasteiger charge is 2.74. The summed E-state index contributed by atoms with van der Waals surface area (Å²) in [6, 6.07) is 10.3. The van der Waals surface area contributed by atoms with Crippen molar-refractivity contribution in [1.29, 1.82) is 0 Å². The van der Waals surface area contributed by atoms with E-state index in [-0.39, 0.29) is 17.5 Å². The van der Waals surface area contributed by atoms with Crippen LogP contribution in [0, 0.1) is 17.8 Å². The summed E-state index contributed by atoms with van der Waals surface area (Å²) in [5.41, 5.74) is 0.980. The number of ether oxygens (including phenoxy) is 1. The Morgan fingerprint density at radius 1 is 1.12 bits per heavy atom. The molecule has 4 fully saturated rings. The monoisotopic (exact) mass is 214 g/mol. The van der Waals surface area contributed by atoms with Gasteiger partial charge in [-0.15, -0.1) is 0 Å². The van der Waals surface area contributed by atoms with Gasteiger partial charge in [-0.1, -0.05) is 36.8 Å². The number of benzene rings is 1. The van der Waals surface area contributed by atoms with Crippen molar-refractivity contribution in [2.75, 3.05) is 0 Å². The number of esters is 1. The molecule has 4 bridgehead atoms. The average Bonchev–Trinajstić information content (AvgIpc) is 2.83. The van der Waals surface area contributed by atoms with Crippen molar-refractivity contribution >= 4 is 5.97 Å². The van der Waals surface area contributed by atoms with Crippen LogP contribution in [0.1, 0.15) is 24.8 Å². The van der Waals surface area contributed by atoms with E-state index in [1.54, 1.807) is 0 Å². The minimum atomic E-state index is -0.235. The summed E-state index contributed by atoms with van der Waals surface area (Å²) in [5.74, 6) is 1.19. The van der Waals surface area contributed by atoms with Gasteiger partial charge in [0.2, 0.25) is 0 Å². The molecule has 0 amide bonds. The van der Waals surface area contributed by atoms with Crippen LogP contribution in [-0.2, 0) is 15.1 Å². The van der Waals surface area contributed by atoms with Crippen molar-refractivity contribution in [2.45, 2.75) is 24.9 Å². The third-order valence-corrected chi connectivity index (χ3v) is 4.77. The first-order valence-electron chi connectivity index (χ1n) is 6.12. The highest BCUT2D eigenvalue weighted by molar-refractivity contribution is 5.81. The van der Waals surface area contributed by atoms with Gasteiger partial charge in [0.05, 0.1) is 5.92 Å². The first-order valence-corrected chi connectivity index (χ1v) is 6.12. The lowest BCUT2D eigenvalue weighted by Gasteiger charge is -2.54. The second kappa shape index (κ2) is 2.68. The Morgan fingerprint density at radius 3 is 2.50 bits per heavy atom. The molecule has 2 saturated heterocycles. The molecule has 5 rings (SSSR count). The number of fused-ring (bicyclic) bond motifs is 1. The summed E-state index contributed by atoms with van der Waals surface area (Å²) in [4.78, 5) is 11.8. The molecule has 0 aromatic heterocycles. The molecule has 0 radical (unpaired) electrons. The Labute approximate surface area is 94.6 Å². The average molecular weight is 214 g/mol. The molecule has 2 heteroatoms. The lowest BCUT2D eigenvalue weighted by molar-refractivity contribution is -0.156. The number of carbonyl (C=O) groups is 1. The summed E-state index contributed by atoms with van der Waals surface area (Å²) in [6.45, 7) is 0. The predicted molar refractivity (Wildman–Crippen MR) is 58.5 cm³/mol. The Hall–Kier alpha value is -1.31. The molecule has 16 heavy (non-hydrogen) atoms. The zero-order valence-electron chi connectivity index (χ0n) is 9.06. The summed E-state index contributed by atoms with van der Waals surface area (Å²) in [6.07, 6.45) is 3.57. The van der Waals surface area contributed by atoms with Crippen molar-refractivity contribution in [3.05, 3.63) is 35.9 Å². The van der Waals surface area contributed by atoms with Crippen LogP contribution in [0.2, 0.25) is 0 Å². The van der Waals surface area contributed by atoms with Crippen LogP contribution in [0.4, 0.5) is 0 Å². The number of hydrogen-bond donors (Lipinski definition) is 0. The van der Waals surface area contributed by atoms with E-state index in [1.807, 2.05) is 18.2 Å².